The van der Waals surface area contributed by atoms with Gasteiger partial charge in [0.1, 0.15) is 0 Å². The Hall–Kier alpha value is -1.85. The number of carbonyl (C=O) groups is 1. The predicted molar refractivity (Wildman–Crippen MR) is 98.7 cm³/mol. The molecule has 1 spiro atoms. The van der Waals surface area contributed by atoms with E-state index in [2.05, 4.69) is 28.4 Å². The van der Waals surface area contributed by atoms with Crippen molar-refractivity contribution in [2.45, 2.75) is 50.2 Å². The van der Waals surface area contributed by atoms with Crippen LogP contribution in [0.15, 0.2) is 35.5 Å². The zero-order valence-corrected chi connectivity index (χ0v) is 15.4. The Labute approximate surface area is 154 Å². The molecule has 2 saturated heterocycles. The molecule has 138 valence electrons. The van der Waals surface area contributed by atoms with Gasteiger partial charge < -0.3 is 15.2 Å². The topological polar surface area (TPSA) is 61.8 Å². The monoisotopic (exact) mass is 354 g/mol. The van der Waals surface area contributed by atoms with Crippen LogP contribution in [0.5, 0.6) is 0 Å². The molecule has 2 N–H and O–H groups in total. The molecule has 0 radical (unpaired) electrons. The fraction of sp³-hybridized carbons (Fsp3) is 0.571. The second-order valence-electron chi connectivity index (χ2n) is 8.37. The number of nitrogens with zero attached hydrogens (tertiary/aromatic N) is 1. The number of aliphatic hydroxyl groups excluding tert-OH is 1. The summed E-state index contributed by atoms with van der Waals surface area (Å²) in [5.41, 5.74) is 3.57. The van der Waals surface area contributed by atoms with E-state index in [9.17, 15) is 9.90 Å². The van der Waals surface area contributed by atoms with E-state index in [1.807, 2.05) is 13.0 Å². The van der Waals surface area contributed by atoms with E-state index in [1.165, 1.54) is 12.7 Å². The molecule has 2 fully saturated rings. The third-order valence-corrected chi connectivity index (χ3v) is 7.44. The lowest BCUT2D eigenvalue weighted by Gasteiger charge is -2.57. The number of ether oxygens (including phenoxy) is 1. The van der Waals surface area contributed by atoms with Gasteiger partial charge in [-0.1, -0.05) is 18.2 Å². The molecule has 0 aromatic heterocycles. The number of esters is 1. The molecule has 1 aromatic carbocycles. The van der Waals surface area contributed by atoms with Crippen molar-refractivity contribution in [2.75, 3.05) is 25.5 Å². The Bertz CT molecular complexity index is 817. The van der Waals surface area contributed by atoms with E-state index in [1.54, 1.807) is 0 Å². The number of hydrogen-bond donors (Lipinski definition) is 2. The number of anilines is 1. The van der Waals surface area contributed by atoms with Gasteiger partial charge in [-0.2, -0.15) is 0 Å². The average molecular weight is 354 g/mol. The minimum absolute atomic E-state index is 0.225. The maximum Gasteiger partial charge on any atom is 0.335 e. The van der Waals surface area contributed by atoms with Crippen molar-refractivity contribution < 1.29 is 14.6 Å². The molecule has 0 amide bonds. The van der Waals surface area contributed by atoms with Gasteiger partial charge in [0.25, 0.3) is 0 Å². The molecule has 26 heavy (non-hydrogen) atoms. The summed E-state index contributed by atoms with van der Waals surface area (Å²) in [6, 6.07) is 8.64. The largest absolute Gasteiger partial charge is 0.466 e. The number of carbonyl (C=O) groups excluding carboxylic acids is 1. The summed E-state index contributed by atoms with van der Waals surface area (Å²) < 4.78 is 5.17. The van der Waals surface area contributed by atoms with Gasteiger partial charge in [0.2, 0.25) is 0 Å². The van der Waals surface area contributed by atoms with Crippen LogP contribution in [-0.2, 0) is 14.9 Å². The molecular weight excluding hydrogens is 328 g/mol. The Balaban J connectivity index is 1.82. The number of aliphatic hydroxyl groups is 1. The second kappa shape index (κ2) is 5.33. The third kappa shape index (κ3) is 1.75. The Kier molecular flexibility index (Phi) is 3.35. The molecule has 3 aliphatic heterocycles. The Morgan fingerprint density at radius 1 is 1.35 bits per heavy atom. The molecule has 4 aliphatic rings. The number of fused-ring (bicyclic) bond motifs is 1. The first-order valence-corrected chi connectivity index (χ1v) is 9.65. The van der Waals surface area contributed by atoms with Gasteiger partial charge in [-0.3, -0.25) is 4.90 Å². The van der Waals surface area contributed by atoms with E-state index in [0.29, 0.717) is 6.42 Å². The van der Waals surface area contributed by atoms with Crippen molar-refractivity contribution in [3.05, 3.63) is 41.1 Å². The van der Waals surface area contributed by atoms with Crippen LogP contribution in [0.25, 0.3) is 0 Å². The number of hydrogen-bond acceptors (Lipinski definition) is 5. The standard InChI is InChI=1S/C21H26N2O3/c1-13(24)20-8-5-10-23-11-9-21(19(20)23)15-6-3-4-7-16(15)22-17(21)14(12-20)18(25)26-2/h3-4,6-7,13,19,22,24H,5,8-12H2,1-2H3/t13?,19-,20-,21+/m0/s1. The summed E-state index contributed by atoms with van der Waals surface area (Å²) in [6.07, 6.45) is 3.10. The van der Waals surface area contributed by atoms with Gasteiger partial charge >= 0.3 is 5.97 Å². The smallest absolute Gasteiger partial charge is 0.335 e. The van der Waals surface area contributed by atoms with Gasteiger partial charge in [0, 0.05) is 22.8 Å². The van der Waals surface area contributed by atoms with Crippen molar-refractivity contribution in [2.24, 2.45) is 5.41 Å². The molecule has 0 saturated carbocycles. The van der Waals surface area contributed by atoms with Crippen molar-refractivity contribution in [3.8, 4) is 0 Å². The fourth-order valence-electron chi connectivity index (χ4n) is 6.48. The first-order valence-electron chi connectivity index (χ1n) is 9.65. The molecule has 1 unspecified atom stereocenters. The van der Waals surface area contributed by atoms with Crippen LogP contribution in [0.2, 0.25) is 0 Å². The first kappa shape index (κ1) is 16.3. The summed E-state index contributed by atoms with van der Waals surface area (Å²) in [5.74, 6) is -0.262. The maximum absolute atomic E-state index is 12.8. The van der Waals surface area contributed by atoms with Gasteiger partial charge in [-0.05, 0) is 57.3 Å². The van der Waals surface area contributed by atoms with Gasteiger partial charge in [-0.15, -0.1) is 0 Å². The van der Waals surface area contributed by atoms with Crippen LogP contribution >= 0.6 is 0 Å². The van der Waals surface area contributed by atoms with E-state index < -0.39 is 6.10 Å². The van der Waals surface area contributed by atoms with Crippen molar-refractivity contribution in [1.29, 1.82) is 0 Å². The van der Waals surface area contributed by atoms with Gasteiger partial charge in [0.15, 0.2) is 0 Å². The molecule has 3 heterocycles. The minimum Gasteiger partial charge on any atom is -0.466 e. The van der Waals surface area contributed by atoms with Crippen LogP contribution in [0.4, 0.5) is 5.69 Å². The maximum atomic E-state index is 12.8. The number of para-hydroxylation sites is 1. The minimum atomic E-state index is -0.473. The van der Waals surface area contributed by atoms with Gasteiger partial charge in [-0.25, -0.2) is 4.79 Å². The van der Waals surface area contributed by atoms with Crippen LogP contribution in [-0.4, -0.2) is 48.3 Å². The number of rotatable bonds is 2. The van der Waals surface area contributed by atoms with E-state index >= 15 is 0 Å². The van der Waals surface area contributed by atoms with Crippen LogP contribution in [0.1, 0.15) is 38.2 Å². The molecule has 0 bridgehead atoms. The lowest BCUT2D eigenvalue weighted by atomic mass is 9.53. The normalized spacial score (nSPS) is 36.0. The zero-order chi connectivity index (χ0) is 18.1. The van der Waals surface area contributed by atoms with E-state index in [-0.39, 0.29) is 22.8 Å². The molecule has 5 nitrogen and oxygen atoms in total. The van der Waals surface area contributed by atoms with Crippen molar-refractivity contribution in [1.82, 2.24) is 4.90 Å². The highest BCUT2D eigenvalue weighted by Gasteiger charge is 2.67. The van der Waals surface area contributed by atoms with E-state index in [4.69, 9.17) is 4.74 Å². The van der Waals surface area contributed by atoms with Gasteiger partial charge in [0.05, 0.1) is 24.2 Å². The number of nitrogens with one attached hydrogen (secondary N) is 1. The quantitative estimate of drug-likeness (QED) is 0.799. The lowest BCUT2D eigenvalue weighted by molar-refractivity contribution is -0.138. The highest BCUT2D eigenvalue weighted by atomic mass is 16.5. The van der Waals surface area contributed by atoms with Crippen LogP contribution < -0.4 is 5.32 Å². The molecular formula is C21H26N2O3. The average Bonchev–Trinajstić information content (AvgIpc) is 3.21. The second-order valence-corrected chi connectivity index (χ2v) is 8.37. The Morgan fingerprint density at radius 2 is 2.15 bits per heavy atom. The van der Waals surface area contributed by atoms with Crippen molar-refractivity contribution >= 4 is 11.7 Å². The number of piperidine rings is 1. The first-order chi connectivity index (χ1) is 12.5. The molecule has 1 aromatic rings. The summed E-state index contributed by atoms with van der Waals surface area (Å²) in [4.78, 5) is 15.3. The molecule has 4 atom stereocenters. The summed E-state index contributed by atoms with van der Waals surface area (Å²) >= 11 is 0. The highest BCUT2D eigenvalue weighted by molar-refractivity contribution is 5.93. The van der Waals surface area contributed by atoms with Crippen molar-refractivity contribution in [3.63, 3.8) is 0 Å². The van der Waals surface area contributed by atoms with E-state index in [0.717, 1.165) is 49.3 Å². The molecule has 5 rings (SSSR count). The lowest BCUT2D eigenvalue weighted by Crippen LogP contribution is -2.63. The number of benzene rings is 1. The molecule has 5 heteroatoms. The highest BCUT2D eigenvalue weighted by Crippen LogP contribution is 2.65. The summed E-state index contributed by atoms with van der Waals surface area (Å²) in [5, 5.41) is 14.5. The fourth-order valence-corrected chi connectivity index (χ4v) is 6.48. The van der Waals surface area contributed by atoms with Crippen LogP contribution in [0.3, 0.4) is 0 Å². The Morgan fingerprint density at radius 3 is 2.92 bits per heavy atom. The number of methoxy groups -OCH3 is 1. The predicted octanol–water partition coefficient (Wildman–Crippen LogP) is 2.42. The summed E-state index contributed by atoms with van der Waals surface area (Å²) in [6.45, 7) is 3.99. The SMILES string of the molecule is COC(=O)C1=C2Nc3ccccc3[C@]23CCN2CCC[C@@](C(C)O)(C1)[C@H]23. The van der Waals surface area contributed by atoms with Crippen LogP contribution in [0, 0.1) is 5.41 Å². The molecule has 1 aliphatic carbocycles. The third-order valence-electron chi connectivity index (χ3n) is 7.44. The zero-order valence-electron chi connectivity index (χ0n) is 15.4. The summed E-state index contributed by atoms with van der Waals surface area (Å²) in [7, 11) is 1.45.